The highest BCUT2D eigenvalue weighted by Gasteiger charge is 2.05. The van der Waals surface area contributed by atoms with Crippen LogP contribution in [0.25, 0.3) is 21.9 Å². The molecule has 2 aromatic carbocycles. The maximum absolute atomic E-state index is 5.79. The summed E-state index contributed by atoms with van der Waals surface area (Å²) in [6.07, 6.45) is 0. The summed E-state index contributed by atoms with van der Waals surface area (Å²) in [5.41, 5.74) is 4.46. The van der Waals surface area contributed by atoms with Crippen LogP contribution in [0, 0.1) is 13.8 Å². The fourth-order valence-corrected chi connectivity index (χ4v) is 2.00. The molecule has 1 aromatic heterocycles. The van der Waals surface area contributed by atoms with Gasteiger partial charge in [0, 0.05) is 10.8 Å². The highest BCUT2D eigenvalue weighted by molar-refractivity contribution is 6.05. The molecule has 1 heterocycles. The predicted octanol–water partition coefficient (Wildman–Crippen LogP) is 4.20. The van der Waals surface area contributed by atoms with Crippen LogP contribution in [0.5, 0.6) is 0 Å². The van der Waals surface area contributed by atoms with E-state index in [1.54, 1.807) is 0 Å². The molecule has 0 spiro atoms. The second kappa shape index (κ2) is 2.86. The molecule has 15 heavy (non-hydrogen) atoms. The molecule has 0 unspecified atom stereocenters. The molecule has 3 aromatic rings. The van der Waals surface area contributed by atoms with E-state index in [4.69, 9.17) is 4.42 Å². The van der Waals surface area contributed by atoms with Crippen LogP contribution in [0.3, 0.4) is 0 Å². The fraction of sp³-hybridized carbons (Fsp3) is 0.143. The fourth-order valence-electron chi connectivity index (χ4n) is 2.00. The molecule has 0 fully saturated rings. The van der Waals surface area contributed by atoms with Crippen LogP contribution in [0.1, 0.15) is 11.1 Å². The monoisotopic (exact) mass is 196 g/mol. The van der Waals surface area contributed by atoms with E-state index in [1.807, 2.05) is 6.07 Å². The molecule has 0 radical (unpaired) electrons. The van der Waals surface area contributed by atoms with Crippen molar-refractivity contribution in [2.75, 3.05) is 0 Å². The normalized spacial score (nSPS) is 11.3. The van der Waals surface area contributed by atoms with Gasteiger partial charge >= 0.3 is 0 Å². The lowest BCUT2D eigenvalue weighted by Crippen LogP contribution is -1.71. The lowest BCUT2D eigenvalue weighted by atomic mass is 10.1. The van der Waals surface area contributed by atoms with Crippen LogP contribution < -0.4 is 0 Å². The molecule has 0 saturated heterocycles. The third-order valence-electron chi connectivity index (χ3n) is 2.78. The largest absolute Gasteiger partial charge is 0.456 e. The van der Waals surface area contributed by atoms with Gasteiger partial charge < -0.3 is 4.42 Å². The number of furan rings is 1. The molecule has 3 rings (SSSR count). The lowest BCUT2D eigenvalue weighted by Gasteiger charge is -1.92. The summed E-state index contributed by atoms with van der Waals surface area (Å²) >= 11 is 0. The minimum Gasteiger partial charge on any atom is -0.456 e. The summed E-state index contributed by atoms with van der Waals surface area (Å²) in [5, 5.41) is 2.42. The summed E-state index contributed by atoms with van der Waals surface area (Å²) in [6.45, 7) is 4.18. The predicted molar refractivity (Wildman–Crippen MR) is 63.2 cm³/mol. The van der Waals surface area contributed by atoms with Gasteiger partial charge in [-0.3, -0.25) is 0 Å². The van der Waals surface area contributed by atoms with E-state index in [9.17, 15) is 0 Å². The highest BCUT2D eigenvalue weighted by Crippen LogP contribution is 2.29. The Kier molecular flexibility index (Phi) is 1.63. The quantitative estimate of drug-likeness (QED) is 0.525. The molecule has 0 atom stereocenters. The van der Waals surface area contributed by atoms with Crippen LogP contribution in [0.15, 0.2) is 40.8 Å². The Morgan fingerprint density at radius 3 is 2.33 bits per heavy atom. The van der Waals surface area contributed by atoms with Crippen molar-refractivity contribution in [3.63, 3.8) is 0 Å². The van der Waals surface area contributed by atoms with Gasteiger partial charge in [0.15, 0.2) is 0 Å². The summed E-state index contributed by atoms with van der Waals surface area (Å²) in [6, 6.07) is 12.6. The molecule has 0 saturated carbocycles. The first-order valence-electron chi connectivity index (χ1n) is 5.13. The van der Waals surface area contributed by atoms with Gasteiger partial charge in [-0.05, 0) is 37.6 Å². The van der Waals surface area contributed by atoms with Crippen molar-refractivity contribution in [1.29, 1.82) is 0 Å². The first-order chi connectivity index (χ1) is 7.24. The highest BCUT2D eigenvalue weighted by atomic mass is 16.3. The standard InChI is InChI=1S/C14H12O/c1-9-4-6-13-12(7-9)11-5-3-10(2)8-14(11)15-13/h3-8H,1-2H3. The van der Waals surface area contributed by atoms with Crippen molar-refractivity contribution in [1.82, 2.24) is 0 Å². The Hall–Kier alpha value is -1.76. The van der Waals surface area contributed by atoms with E-state index in [1.165, 1.54) is 21.9 Å². The zero-order valence-electron chi connectivity index (χ0n) is 8.87. The Bertz CT molecular complexity index is 647. The third kappa shape index (κ3) is 1.23. The zero-order chi connectivity index (χ0) is 10.4. The maximum Gasteiger partial charge on any atom is 0.135 e. The molecule has 0 amide bonds. The van der Waals surface area contributed by atoms with E-state index in [0.29, 0.717) is 0 Å². The Morgan fingerprint density at radius 1 is 0.733 bits per heavy atom. The number of benzene rings is 2. The lowest BCUT2D eigenvalue weighted by molar-refractivity contribution is 0.668. The minimum absolute atomic E-state index is 0.973. The first-order valence-corrected chi connectivity index (χ1v) is 5.13. The SMILES string of the molecule is Cc1ccc2c(c1)oc1ccc(C)cc12. The molecule has 74 valence electrons. The van der Waals surface area contributed by atoms with Gasteiger partial charge in [0.05, 0.1) is 0 Å². The Labute approximate surface area is 88.3 Å². The van der Waals surface area contributed by atoms with Crippen LogP contribution in [0.2, 0.25) is 0 Å². The van der Waals surface area contributed by atoms with Crippen LogP contribution >= 0.6 is 0 Å². The molecule has 0 aliphatic rings. The van der Waals surface area contributed by atoms with Crippen molar-refractivity contribution in [2.45, 2.75) is 13.8 Å². The molecular formula is C14H12O. The number of hydrogen-bond donors (Lipinski definition) is 0. The topological polar surface area (TPSA) is 13.1 Å². The van der Waals surface area contributed by atoms with E-state index in [-0.39, 0.29) is 0 Å². The van der Waals surface area contributed by atoms with Crippen LogP contribution in [-0.2, 0) is 0 Å². The van der Waals surface area contributed by atoms with Gasteiger partial charge in [-0.15, -0.1) is 0 Å². The summed E-state index contributed by atoms with van der Waals surface area (Å²) in [4.78, 5) is 0. The van der Waals surface area contributed by atoms with E-state index >= 15 is 0 Å². The number of fused-ring (bicyclic) bond motifs is 3. The van der Waals surface area contributed by atoms with Gasteiger partial charge in [-0.1, -0.05) is 23.8 Å². The third-order valence-corrected chi connectivity index (χ3v) is 2.78. The van der Waals surface area contributed by atoms with Crippen LogP contribution in [0.4, 0.5) is 0 Å². The average Bonchev–Trinajstić information content (AvgIpc) is 2.54. The Balaban J connectivity index is 2.53. The molecule has 0 N–H and O–H groups in total. The molecule has 1 nitrogen and oxygen atoms in total. The second-order valence-corrected chi connectivity index (χ2v) is 4.10. The summed E-state index contributed by atoms with van der Waals surface area (Å²) in [7, 11) is 0. The van der Waals surface area contributed by atoms with Crippen molar-refractivity contribution in [2.24, 2.45) is 0 Å². The average molecular weight is 196 g/mol. The first kappa shape index (κ1) is 8.54. The number of rotatable bonds is 0. The van der Waals surface area contributed by atoms with Crippen molar-refractivity contribution < 1.29 is 4.42 Å². The van der Waals surface area contributed by atoms with Gasteiger partial charge in [-0.25, -0.2) is 0 Å². The summed E-state index contributed by atoms with van der Waals surface area (Å²) in [5.74, 6) is 0. The molecule has 0 aliphatic heterocycles. The Morgan fingerprint density at radius 2 is 1.47 bits per heavy atom. The van der Waals surface area contributed by atoms with Crippen molar-refractivity contribution >= 4 is 21.9 Å². The molecule has 1 heteroatoms. The second-order valence-electron chi connectivity index (χ2n) is 4.10. The molecule has 0 aliphatic carbocycles. The maximum atomic E-state index is 5.79. The zero-order valence-corrected chi connectivity index (χ0v) is 8.87. The van der Waals surface area contributed by atoms with Gasteiger partial charge in [-0.2, -0.15) is 0 Å². The van der Waals surface area contributed by atoms with Gasteiger partial charge in [0.2, 0.25) is 0 Å². The van der Waals surface area contributed by atoms with E-state index < -0.39 is 0 Å². The molecule has 0 bridgehead atoms. The van der Waals surface area contributed by atoms with E-state index in [0.717, 1.165) is 11.2 Å². The smallest absolute Gasteiger partial charge is 0.135 e. The van der Waals surface area contributed by atoms with Crippen LogP contribution in [-0.4, -0.2) is 0 Å². The van der Waals surface area contributed by atoms with Crippen molar-refractivity contribution in [3.05, 3.63) is 47.5 Å². The molecular weight excluding hydrogens is 184 g/mol. The number of hydrogen-bond acceptors (Lipinski definition) is 1. The van der Waals surface area contributed by atoms with Crippen molar-refractivity contribution in [3.8, 4) is 0 Å². The number of aryl methyl sites for hydroxylation is 2. The van der Waals surface area contributed by atoms with Gasteiger partial charge in [0.1, 0.15) is 11.2 Å². The minimum atomic E-state index is 0.973. The summed E-state index contributed by atoms with van der Waals surface area (Å²) < 4.78 is 5.79. The van der Waals surface area contributed by atoms with E-state index in [2.05, 4.69) is 44.2 Å². The van der Waals surface area contributed by atoms with Gasteiger partial charge in [0.25, 0.3) is 0 Å².